The van der Waals surface area contributed by atoms with Gasteiger partial charge in [0.1, 0.15) is 5.82 Å². The highest BCUT2D eigenvalue weighted by Gasteiger charge is 2.31. The van der Waals surface area contributed by atoms with Gasteiger partial charge < -0.3 is 4.74 Å². The van der Waals surface area contributed by atoms with E-state index >= 15 is 4.39 Å². The molecule has 1 unspecified atom stereocenters. The Bertz CT molecular complexity index is 910. The summed E-state index contributed by atoms with van der Waals surface area (Å²) in [5.41, 5.74) is 1.82. The maximum Gasteiger partial charge on any atom is 0.194 e. The number of benzene rings is 2. The van der Waals surface area contributed by atoms with Gasteiger partial charge >= 0.3 is 0 Å². The lowest BCUT2D eigenvalue weighted by Crippen LogP contribution is -2.27. The van der Waals surface area contributed by atoms with Crippen LogP contribution in [0.2, 0.25) is 0 Å². The highest BCUT2D eigenvalue weighted by atomic mass is 19.2. The van der Waals surface area contributed by atoms with E-state index < -0.39 is 23.3 Å². The van der Waals surface area contributed by atoms with Crippen molar-refractivity contribution >= 4 is 0 Å². The van der Waals surface area contributed by atoms with Gasteiger partial charge in [0.2, 0.25) is 0 Å². The Morgan fingerprint density at radius 2 is 1.56 bits per heavy atom. The maximum absolute atomic E-state index is 15.3. The Labute approximate surface area is 188 Å². The lowest BCUT2D eigenvalue weighted by Gasteiger charge is -2.37. The third-order valence-electron chi connectivity index (χ3n) is 7.65. The molecule has 1 atom stereocenters. The quantitative estimate of drug-likeness (QED) is 0.240. The third kappa shape index (κ3) is 5.03. The van der Waals surface area contributed by atoms with Crippen LogP contribution in [0.3, 0.4) is 0 Å². The summed E-state index contributed by atoms with van der Waals surface area (Å²) in [4.78, 5) is 0. The van der Waals surface area contributed by atoms with Crippen molar-refractivity contribution in [3.05, 3.63) is 58.7 Å². The molecule has 0 aromatic heterocycles. The van der Waals surface area contributed by atoms with Gasteiger partial charge in [0.05, 0.1) is 0 Å². The summed E-state index contributed by atoms with van der Waals surface area (Å²) >= 11 is 0. The number of unbranched alkanes of at least 4 members (excludes halogenated alkanes) is 1. The van der Waals surface area contributed by atoms with Gasteiger partial charge in [-0.2, -0.15) is 0 Å². The van der Waals surface area contributed by atoms with Gasteiger partial charge in [-0.25, -0.2) is 17.6 Å². The third-order valence-corrected chi connectivity index (χ3v) is 7.65. The van der Waals surface area contributed by atoms with Crippen LogP contribution in [0.25, 0.3) is 11.1 Å². The van der Waals surface area contributed by atoms with Crippen molar-refractivity contribution < 1.29 is 22.3 Å². The second kappa shape index (κ2) is 10.4. The van der Waals surface area contributed by atoms with Crippen molar-refractivity contribution in [3.63, 3.8) is 0 Å². The summed E-state index contributed by atoms with van der Waals surface area (Å²) in [5, 5.41) is 0. The van der Waals surface area contributed by atoms with Crippen LogP contribution in [0.1, 0.15) is 62.5 Å². The highest BCUT2D eigenvalue weighted by molar-refractivity contribution is 5.66. The molecule has 5 heteroatoms. The van der Waals surface area contributed by atoms with E-state index in [-0.39, 0.29) is 11.1 Å². The van der Waals surface area contributed by atoms with E-state index in [0.717, 1.165) is 49.5 Å². The molecule has 0 amide bonds. The Morgan fingerprint density at radius 3 is 2.25 bits per heavy atom. The predicted octanol–water partition coefficient (Wildman–Crippen LogP) is 7.64. The normalized spacial score (nSPS) is 23.2. The van der Waals surface area contributed by atoms with E-state index in [9.17, 15) is 13.2 Å². The summed E-state index contributed by atoms with van der Waals surface area (Å²) in [7, 11) is 1.75. The van der Waals surface area contributed by atoms with E-state index in [1.165, 1.54) is 38.5 Å². The van der Waals surface area contributed by atoms with Gasteiger partial charge in [-0.15, -0.1) is 0 Å². The molecule has 1 fully saturated rings. The van der Waals surface area contributed by atoms with E-state index in [0.29, 0.717) is 23.8 Å². The van der Waals surface area contributed by atoms with E-state index in [1.807, 2.05) is 6.07 Å². The fourth-order valence-electron chi connectivity index (χ4n) is 5.80. The van der Waals surface area contributed by atoms with Gasteiger partial charge in [-0.3, -0.25) is 0 Å². The molecule has 0 spiro atoms. The Hall–Kier alpha value is -1.88. The largest absolute Gasteiger partial charge is 0.385 e. The van der Waals surface area contributed by atoms with Crippen LogP contribution in [-0.2, 0) is 17.6 Å². The molecular weight excluding hydrogens is 416 g/mol. The summed E-state index contributed by atoms with van der Waals surface area (Å²) in [6.07, 6.45) is 11.2. The molecule has 2 aliphatic carbocycles. The molecule has 0 radical (unpaired) electrons. The Balaban J connectivity index is 1.40. The van der Waals surface area contributed by atoms with Crippen molar-refractivity contribution in [2.24, 2.45) is 17.8 Å². The second-order valence-electron chi connectivity index (χ2n) is 9.59. The SMILES string of the molecule is COCCCCC1CCC(C2CCc3c(ccc(-c4cc(F)c(F)c(F)c4)c3F)C2)CC1. The first kappa shape index (κ1) is 23.3. The molecule has 32 heavy (non-hydrogen) atoms. The van der Waals surface area contributed by atoms with Crippen LogP contribution < -0.4 is 0 Å². The van der Waals surface area contributed by atoms with E-state index in [4.69, 9.17) is 4.74 Å². The number of halogens is 4. The standard InChI is InChI=1S/C27H32F4O/c1-32-13-3-2-4-17-5-7-18(8-6-17)19-9-11-22-20(14-19)10-12-23(26(22)30)21-15-24(28)27(31)25(29)16-21/h10,12,15-19H,2-9,11,13-14H2,1H3. The van der Waals surface area contributed by atoms with Crippen LogP contribution in [0.5, 0.6) is 0 Å². The first-order valence-corrected chi connectivity index (χ1v) is 11.9. The number of ether oxygens (including phenoxy) is 1. The number of fused-ring (bicyclic) bond motifs is 1. The predicted molar refractivity (Wildman–Crippen MR) is 118 cm³/mol. The number of hydrogen-bond donors (Lipinski definition) is 0. The first-order chi connectivity index (χ1) is 15.5. The molecule has 0 aliphatic heterocycles. The van der Waals surface area contributed by atoms with Gasteiger partial charge in [-0.1, -0.05) is 37.8 Å². The average Bonchev–Trinajstić information content (AvgIpc) is 2.80. The molecule has 2 aromatic rings. The molecule has 0 saturated heterocycles. The number of rotatable bonds is 7. The fraction of sp³-hybridized carbons (Fsp3) is 0.556. The minimum atomic E-state index is -1.53. The van der Waals surface area contributed by atoms with Crippen LogP contribution >= 0.6 is 0 Å². The van der Waals surface area contributed by atoms with Crippen LogP contribution in [-0.4, -0.2) is 13.7 Å². The minimum absolute atomic E-state index is 0.0349. The van der Waals surface area contributed by atoms with Gasteiger partial charge in [0.15, 0.2) is 17.5 Å². The van der Waals surface area contributed by atoms with E-state index in [1.54, 1.807) is 13.2 Å². The smallest absolute Gasteiger partial charge is 0.194 e. The summed E-state index contributed by atoms with van der Waals surface area (Å²) in [5.74, 6) is -2.46. The Kier molecular flexibility index (Phi) is 7.55. The van der Waals surface area contributed by atoms with Crippen molar-refractivity contribution in [1.29, 1.82) is 0 Å². The van der Waals surface area contributed by atoms with Gasteiger partial charge in [0, 0.05) is 19.3 Å². The zero-order chi connectivity index (χ0) is 22.7. The fourth-order valence-corrected chi connectivity index (χ4v) is 5.80. The van der Waals surface area contributed by atoms with Crippen LogP contribution in [0.4, 0.5) is 17.6 Å². The zero-order valence-electron chi connectivity index (χ0n) is 18.7. The molecule has 1 saturated carbocycles. The highest BCUT2D eigenvalue weighted by Crippen LogP contribution is 2.42. The van der Waals surface area contributed by atoms with Crippen molar-refractivity contribution in [1.82, 2.24) is 0 Å². The van der Waals surface area contributed by atoms with Gasteiger partial charge in [0.25, 0.3) is 0 Å². The lowest BCUT2D eigenvalue weighted by molar-refractivity contribution is 0.170. The molecule has 174 valence electrons. The summed E-state index contributed by atoms with van der Waals surface area (Å²) < 4.78 is 61.0. The molecule has 2 aromatic carbocycles. The molecule has 0 N–H and O–H groups in total. The van der Waals surface area contributed by atoms with Crippen LogP contribution in [0, 0.1) is 41.0 Å². The van der Waals surface area contributed by atoms with E-state index in [2.05, 4.69) is 0 Å². The number of methoxy groups -OCH3 is 1. The number of hydrogen-bond acceptors (Lipinski definition) is 1. The van der Waals surface area contributed by atoms with Crippen molar-refractivity contribution in [3.8, 4) is 11.1 Å². The van der Waals surface area contributed by atoms with Gasteiger partial charge in [-0.05, 0) is 85.1 Å². The molecular formula is C27H32F4O. The average molecular weight is 449 g/mol. The van der Waals surface area contributed by atoms with Crippen molar-refractivity contribution in [2.45, 2.75) is 64.2 Å². The maximum atomic E-state index is 15.3. The summed E-state index contributed by atoms with van der Waals surface area (Å²) in [6.45, 7) is 0.847. The first-order valence-electron chi connectivity index (χ1n) is 11.9. The molecule has 0 heterocycles. The minimum Gasteiger partial charge on any atom is -0.385 e. The summed E-state index contributed by atoms with van der Waals surface area (Å²) in [6, 6.07) is 5.20. The molecule has 0 bridgehead atoms. The molecule has 2 aliphatic rings. The monoisotopic (exact) mass is 448 g/mol. The molecule has 1 nitrogen and oxygen atoms in total. The zero-order valence-corrected chi connectivity index (χ0v) is 18.7. The Morgan fingerprint density at radius 1 is 0.844 bits per heavy atom. The molecule has 4 rings (SSSR count). The van der Waals surface area contributed by atoms with Crippen molar-refractivity contribution in [2.75, 3.05) is 13.7 Å². The second-order valence-corrected chi connectivity index (χ2v) is 9.59. The topological polar surface area (TPSA) is 9.23 Å². The lowest BCUT2D eigenvalue weighted by atomic mass is 9.69. The van der Waals surface area contributed by atoms with Crippen LogP contribution in [0.15, 0.2) is 24.3 Å².